The van der Waals surface area contributed by atoms with Gasteiger partial charge in [0, 0.05) is 5.92 Å². The molecule has 0 aliphatic carbocycles. The summed E-state index contributed by atoms with van der Waals surface area (Å²) >= 11 is 0. The molecule has 0 saturated heterocycles. The number of hydrogen-bond donors (Lipinski definition) is 1. The first-order valence-corrected chi connectivity index (χ1v) is 13.8. The van der Waals surface area contributed by atoms with Gasteiger partial charge in [0.1, 0.15) is 0 Å². The van der Waals surface area contributed by atoms with Crippen LogP contribution in [-0.4, -0.2) is 32.7 Å². The molecular weight excluding hydrogens is 388 g/mol. The molecular formula is C26H46O3Si. The van der Waals surface area contributed by atoms with Crippen LogP contribution in [0.25, 0.3) is 0 Å². The third-order valence-electron chi connectivity index (χ3n) is 6.42. The zero-order valence-corrected chi connectivity index (χ0v) is 21.8. The maximum atomic E-state index is 9.54. The van der Waals surface area contributed by atoms with E-state index < -0.39 is 8.32 Å². The third-order valence-corrected chi connectivity index (χ3v) is 12.5. The molecule has 3 nitrogen and oxygen atoms in total. The summed E-state index contributed by atoms with van der Waals surface area (Å²) in [6.45, 7) is 21.8. The number of rotatable bonds is 13. The lowest BCUT2D eigenvalue weighted by atomic mass is 9.92. The summed E-state index contributed by atoms with van der Waals surface area (Å²) in [5, 5.41) is 9.54. The Hall–Kier alpha value is -0.943. The maximum Gasteiger partial charge on any atom is 0.200 e. The average Bonchev–Trinajstić information content (AvgIpc) is 2.68. The third kappa shape index (κ3) is 7.33. The molecule has 0 unspecified atom stereocenters. The van der Waals surface area contributed by atoms with Crippen molar-refractivity contribution in [3.63, 3.8) is 0 Å². The van der Waals surface area contributed by atoms with Crippen LogP contribution in [0, 0.1) is 11.8 Å². The van der Waals surface area contributed by atoms with Gasteiger partial charge in [0.25, 0.3) is 0 Å². The summed E-state index contributed by atoms with van der Waals surface area (Å²) in [6.07, 6.45) is 2.25. The van der Waals surface area contributed by atoms with Crippen molar-refractivity contribution in [2.45, 2.75) is 91.6 Å². The van der Waals surface area contributed by atoms with Crippen molar-refractivity contribution in [1.29, 1.82) is 0 Å². The van der Waals surface area contributed by atoms with E-state index in [0.717, 1.165) is 5.57 Å². The highest BCUT2D eigenvalue weighted by Crippen LogP contribution is 2.44. The number of benzene rings is 1. The molecule has 0 fully saturated rings. The highest BCUT2D eigenvalue weighted by Gasteiger charge is 2.47. The van der Waals surface area contributed by atoms with Gasteiger partial charge in [-0.15, -0.1) is 0 Å². The van der Waals surface area contributed by atoms with Crippen LogP contribution in [0.2, 0.25) is 16.6 Å². The van der Waals surface area contributed by atoms with E-state index in [9.17, 15) is 5.11 Å². The van der Waals surface area contributed by atoms with E-state index in [2.05, 4.69) is 73.6 Å². The number of ether oxygens (including phenoxy) is 1. The first-order chi connectivity index (χ1) is 14.1. The summed E-state index contributed by atoms with van der Waals surface area (Å²) in [4.78, 5) is 0. The Morgan fingerprint density at radius 1 is 0.933 bits per heavy atom. The lowest BCUT2D eigenvalue weighted by Gasteiger charge is -2.47. The normalized spacial score (nSPS) is 16.4. The maximum absolute atomic E-state index is 9.54. The molecule has 0 radical (unpaired) electrons. The predicted molar refractivity (Wildman–Crippen MR) is 131 cm³/mol. The van der Waals surface area contributed by atoms with E-state index in [1.54, 1.807) is 0 Å². The molecule has 1 N–H and O–H groups in total. The minimum atomic E-state index is -2.03. The zero-order valence-electron chi connectivity index (χ0n) is 20.8. The van der Waals surface area contributed by atoms with Crippen LogP contribution in [0.15, 0.2) is 42.0 Å². The molecule has 0 aliphatic heterocycles. The zero-order chi connectivity index (χ0) is 22.9. The van der Waals surface area contributed by atoms with Crippen molar-refractivity contribution in [3.8, 4) is 0 Å². The molecule has 30 heavy (non-hydrogen) atoms. The van der Waals surface area contributed by atoms with Crippen LogP contribution in [0.1, 0.15) is 67.9 Å². The molecule has 0 aliphatic rings. The fourth-order valence-electron chi connectivity index (χ4n) is 5.01. The Labute approximate surface area is 187 Å². The Balaban J connectivity index is 3.08. The van der Waals surface area contributed by atoms with Gasteiger partial charge in [-0.25, -0.2) is 0 Å². The van der Waals surface area contributed by atoms with Gasteiger partial charge in [-0.3, -0.25) is 0 Å². The van der Waals surface area contributed by atoms with Gasteiger partial charge in [-0.2, -0.15) is 0 Å². The van der Waals surface area contributed by atoms with Gasteiger partial charge in [0.2, 0.25) is 8.32 Å². The fraction of sp³-hybridized carbons (Fsp3) is 0.692. The Morgan fingerprint density at radius 2 is 1.47 bits per heavy atom. The van der Waals surface area contributed by atoms with Crippen molar-refractivity contribution in [2.24, 2.45) is 11.8 Å². The molecule has 1 rings (SSSR count). The minimum absolute atomic E-state index is 0.0705. The topological polar surface area (TPSA) is 38.7 Å². The standard InChI is InChI=1S/C26H46O3Si/c1-19(2)30(20(3)4,21(5)6)29-26(23(8)15-22(7)16-27)24(9)17-28-18-25-13-11-10-12-14-25/h10-15,19-21,23-24,26-27H,16-18H2,1-9H3/b22-15-/t23-,24-,26+/m0/s1. The first-order valence-electron chi connectivity index (χ1n) is 11.6. The number of aliphatic hydroxyl groups excluding tert-OH is 1. The lowest BCUT2D eigenvalue weighted by Crippen LogP contribution is -2.52. The van der Waals surface area contributed by atoms with Gasteiger partial charge < -0.3 is 14.3 Å². The summed E-state index contributed by atoms with van der Waals surface area (Å²) in [7, 11) is -2.03. The van der Waals surface area contributed by atoms with E-state index in [1.165, 1.54) is 5.56 Å². The molecule has 0 spiro atoms. The molecule has 4 heteroatoms. The van der Waals surface area contributed by atoms with Crippen LogP contribution in [0.3, 0.4) is 0 Å². The molecule has 1 aromatic rings. The molecule has 172 valence electrons. The van der Waals surface area contributed by atoms with Crippen LogP contribution in [0.4, 0.5) is 0 Å². The molecule has 0 amide bonds. The minimum Gasteiger partial charge on any atom is -0.412 e. The Morgan fingerprint density at radius 3 is 1.93 bits per heavy atom. The van der Waals surface area contributed by atoms with E-state index in [-0.39, 0.29) is 24.5 Å². The van der Waals surface area contributed by atoms with Gasteiger partial charge >= 0.3 is 0 Å². The second-order valence-electron chi connectivity index (χ2n) is 9.91. The smallest absolute Gasteiger partial charge is 0.200 e. The Kier molecular flexibility index (Phi) is 11.6. The summed E-state index contributed by atoms with van der Waals surface area (Å²) in [5.41, 5.74) is 3.80. The molecule has 0 heterocycles. The number of hydrogen-bond acceptors (Lipinski definition) is 3. The van der Waals surface area contributed by atoms with E-state index in [0.29, 0.717) is 29.8 Å². The van der Waals surface area contributed by atoms with Crippen LogP contribution in [-0.2, 0) is 15.8 Å². The highest BCUT2D eigenvalue weighted by atomic mass is 28.4. The Bertz CT molecular complexity index is 603. The SMILES string of the molecule is C/C(=C/[C@H](C)[C@@H](O[Si](C(C)C)(C(C)C)C(C)C)[C@@H](C)COCc1ccccc1)CO. The van der Waals surface area contributed by atoms with Crippen molar-refractivity contribution in [2.75, 3.05) is 13.2 Å². The van der Waals surface area contributed by atoms with Crippen LogP contribution >= 0.6 is 0 Å². The van der Waals surface area contributed by atoms with Crippen molar-refractivity contribution >= 4 is 8.32 Å². The quantitative estimate of drug-likeness (QED) is 0.269. The van der Waals surface area contributed by atoms with Gasteiger partial charge in [0.05, 0.1) is 25.9 Å². The van der Waals surface area contributed by atoms with Gasteiger partial charge in [-0.05, 0) is 35.0 Å². The predicted octanol–water partition coefficient (Wildman–Crippen LogP) is 6.97. The summed E-state index contributed by atoms with van der Waals surface area (Å²) < 4.78 is 13.3. The largest absolute Gasteiger partial charge is 0.412 e. The summed E-state index contributed by atoms with van der Waals surface area (Å²) in [6, 6.07) is 10.3. The van der Waals surface area contributed by atoms with Gasteiger partial charge in [-0.1, -0.05) is 97.4 Å². The highest BCUT2D eigenvalue weighted by molar-refractivity contribution is 6.77. The van der Waals surface area contributed by atoms with Crippen LogP contribution in [0.5, 0.6) is 0 Å². The monoisotopic (exact) mass is 434 g/mol. The average molecular weight is 435 g/mol. The van der Waals surface area contributed by atoms with E-state index in [4.69, 9.17) is 9.16 Å². The second-order valence-corrected chi connectivity index (χ2v) is 15.3. The van der Waals surface area contributed by atoms with Crippen LogP contribution < -0.4 is 0 Å². The second kappa shape index (κ2) is 12.8. The molecule has 3 atom stereocenters. The molecule has 1 aromatic carbocycles. The lowest BCUT2D eigenvalue weighted by molar-refractivity contribution is 0.0173. The number of aliphatic hydroxyl groups is 1. The van der Waals surface area contributed by atoms with Crippen molar-refractivity contribution in [1.82, 2.24) is 0 Å². The first kappa shape index (κ1) is 27.1. The van der Waals surface area contributed by atoms with E-state index in [1.807, 2.05) is 25.1 Å². The van der Waals surface area contributed by atoms with Crippen molar-refractivity contribution in [3.05, 3.63) is 47.5 Å². The van der Waals surface area contributed by atoms with Gasteiger partial charge in [0.15, 0.2) is 0 Å². The summed E-state index contributed by atoms with van der Waals surface area (Å²) in [5.74, 6) is 0.477. The fourth-order valence-corrected chi connectivity index (χ4v) is 10.7. The van der Waals surface area contributed by atoms with E-state index >= 15 is 0 Å². The molecule has 0 bridgehead atoms. The molecule has 0 saturated carbocycles. The molecule has 0 aromatic heterocycles. The van der Waals surface area contributed by atoms with Crippen molar-refractivity contribution < 1.29 is 14.3 Å².